The van der Waals surface area contributed by atoms with Crippen LogP contribution in [0.4, 0.5) is 11.4 Å². The third-order valence-electron chi connectivity index (χ3n) is 5.38. The molecule has 0 saturated carbocycles. The van der Waals surface area contributed by atoms with Crippen molar-refractivity contribution in [2.45, 2.75) is 13.5 Å². The van der Waals surface area contributed by atoms with Gasteiger partial charge in [-0.25, -0.2) is 0 Å². The fraction of sp³-hybridized carbons (Fsp3) is 0.192. The Kier molecular flexibility index (Phi) is 6.42. The largest absolute Gasteiger partial charge is 0.493 e. The van der Waals surface area contributed by atoms with Crippen molar-refractivity contribution in [1.82, 2.24) is 5.32 Å². The van der Waals surface area contributed by atoms with Crippen LogP contribution in [0.25, 0.3) is 11.3 Å². The molecule has 1 aliphatic rings. The zero-order valence-corrected chi connectivity index (χ0v) is 18.5. The van der Waals surface area contributed by atoms with Crippen molar-refractivity contribution in [1.29, 1.82) is 0 Å². The number of rotatable bonds is 8. The van der Waals surface area contributed by atoms with Crippen molar-refractivity contribution in [2.24, 2.45) is 0 Å². The second-order valence-electron chi connectivity index (χ2n) is 7.43. The minimum absolute atomic E-state index is 0.176. The molecule has 0 spiro atoms. The van der Waals surface area contributed by atoms with Crippen molar-refractivity contribution < 1.29 is 14.3 Å². The average Bonchev–Trinajstić information content (AvgIpc) is 3.15. The standard InChI is InChI=1S/C26H27N3O3/c1-4-27-16-17-10-12-19(13-11-17)28-25(18-8-6-5-7-9-18)24-20-14-22(31-2)23(32-3)15-21(20)29-26(24)30/h5-15,27-28H,4,16H2,1-3H3,(H,29,30)/b25-24-. The number of ether oxygens (including phenoxy) is 2. The second-order valence-corrected chi connectivity index (χ2v) is 7.43. The maximum absolute atomic E-state index is 13.1. The Bertz CT molecular complexity index is 1140. The average molecular weight is 430 g/mol. The Morgan fingerprint density at radius 2 is 1.62 bits per heavy atom. The SMILES string of the molecule is CCNCc1ccc(N/C(=C2\C(=O)Nc3cc(OC)c(OC)cc32)c2ccccc2)cc1. The van der Waals surface area contributed by atoms with E-state index in [4.69, 9.17) is 9.47 Å². The summed E-state index contributed by atoms with van der Waals surface area (Å²) in [6.07, 6.45) is 0. The van der Waals surface area contributed by atoms with E-state index in [-0.39, 0.29) is 5.91 Å². The van der Waals surface area contributed by atoms with E-state index in [0.29, 0.717) is 22.8 Å². The summed E-state index contributed by atoms with van der Waals surface area (Å²) in [4.78, 5) is 13.1. The highest BCUT2D eigenvalue weighted by Crippen LogP contribution is 2.43. The molecule has 6 nitrogen and oxygen atoms in total. The number of carbonyl (C=O) groups is 1. The Labute approximate surface area is 188 Å². The number of hydrogen-bond donors (Lipinski definition) is 3. The number of hydrogen-bond acceptors (Lipinski definition) is 5. The lowest BCUT2D eigenvalue weighted by Crippen LogP contribution is -2.12. The van der Waals surface area contributed by atoms with Crippen LogP contribution >= 0.6 is 0 Å². The molecule has 3 aromatic carbocycles. The number of nitrogens with one attached hydrogen (secondary N) is 3. The van der Waals surface area contributed by atoms with E-state index in [2.05, 4.69) is 35.0 Å². The molecule has 0 radical (unpaired) electrons. The number of carbonyl (C=O) groups excluding carboxylic acids is 1. The van der Waals surface area contributed by atoms with Gasteiger partial charge in [0.25, 0.3) is 5.91 Å². The first-order valence-electron chi connectivity index (χ1n) is 10.6. The van der Waals surface area contributed by atoms with Gasteiger partial charge in [0.1, 0.15) is 0 Å². The summed E-state index contributed by atoms with van der Waals surface area (Å²) < 4.78 is 10.9. The van der Waals surface area contributed by atoms with Crippen LogP contribution in [0.15, 0.2) is 66.7 Å². The smallest absolute Gasteiger partial charge is 0.258 e. The normalized spacial score (nSPS) is 13.9. The summed E-state index contributed by atoms with van der Waals surface area (Å²) >= 11 is 0. The molecule has 0 unspecified atom stereocenters. The van der Waals surface area contributed by atoms with Gasteiger partial charge < -0.3 is 25.4 Å². The fourth-order valence-corrected chi connectivity index (χ4v) is 3.75. The first-order chi connectivity index (χ1) is 15.6. The lowest BCUT2D eigenvalue weighted by Gasteiger charge is -2.16. The Morgan fingerprint density at radius 1 is 0.938 bits per heavy atom. The third kappa shape index (κ3) is 4.31. The third-order valence-corrected chi connectivity index (χ3v) is 5.38. The number of amides is 1. The number of methoxy groups -OCH3 is 2. The summed E-state index contributed by atoms with van der Waals surface area (Å²) in [7, 11) is 3.16. The Hall–Kier alpha value is -3.77. The quantitative estimate of drug-likeness (QED) is 0.451. The molecule has 0 bridgehead atoms. The molecule has 0 aromatic heterocycles. The number of fused-ring (bicyclic) bond motifs is 1. The van der Waals surface area contributed by atoms with Crippen LogP contribution in [0, 0.1) is 0 Å². The van der Waals surface area contributed by atoms with Gasteiger partial charge in [0.05, 0.1) is 31.2 Å². The van der Waals surface area contributed by atoms with Gasteiger partial charge in [-0.2, -0.15) is 0 Å². The van der Waals surface area contributed by atoms with Crippen LogP contribution in [-0.4, -0.2) is 26.7 Å². The molecule has 1 amide bonds. The van der Waals surface area contributed by atoms with Crippen molar-refractivity contribution in [3.8, 4) is 11.5 Å². The zero-order chi connectivity index (χ0) is 22.5. The van der Waals surface area contributed by atoms with Gasteiger partial charge in [0, 0.05) is 23.9 Å². The minimum Gasteiger partial charge on any atom is -0.493 e. The van der Waals surface area contributed by atoms with E-state index in [1.807, 2.05) is 48.5 Å². The molecule has 32 heavy (non-hydrogen) atoms. The summed E-state index contributed by atoms with van der Waals surface area (Å²) in [6, 6.07) is 21.7. The van der Waals surface area contributed by atoms with Gasteiger partial charge in [0.15, 0.2) is 11.5 Å². The van der Waals surface area contributed by atoms with Gasteiger partial charge >= 0.3 is 0 Å². The van der Waals surface area contributed by atoms with E-state index in [9.17, 15) is 4.79 Å². The molecule has 1 heterocycles. The van der Waals surface area contributed by atoms with Crippen molar-refractivity contribution in [3.05, 3.63) is 83.4 Å². The van der Waals surface area contributed by atoms with Crippen LogP contribution in [0.3, 0.4) is 0 Å². The maximum atomic E-state index is 13.1. The van der Waals surface area contributed by atoms with Gasteiger partial charge in [-0.05, 0) is 35.9 Å². The monoisotopic (exact) mass is 429 g/mol. The van der Waals surface area contributed by atoms with Crippen molar-refractivity contribution in [3.63, 3.8) is 0 Å². The minimum atomic E-state index is -0.176. The summed E-state index contributed by atoms with van der Waals surface area (Å²) in [5.41, 5.74) is 5.77. The van der Waals surface area contributed by atoms with E-state index in [1.165, 1.54) is 5.56 Å². The highest BCUT2D eigenvalue weighted by molar-refractivity contribution is 6.37. The molecule has 3 N–H and O–H groups in total. The van der Waals surface area contributed by atoms with E-state index < -0.39 is 0 Å². The highest BCUT2D eigenvalue weighted by Gasteiger charge is 2.30. The molecule has 0 atom stereocenters. The summed E-state index contributed by atoms with van der Waals surface area (Å²) in [5, 5.41) is 9.77. The number of anilines is 2. The second kappa shape index (κ2) is 9.58. The van der Waals surface area contributed by atoms with Crippen LogP contribution in [-0.2, 0) is 11.3 Å². The van der Waals surface area contributed by atoms with Crippen LogP contribution in [0.1, 0.15) is 23.6 Å². The lowest BCUT2D eigenvalue weighted by atomic mass is 9.99. The highest BCUT2D eigenvalue weighted by atomic mass is 16.5. The predicted molar refractivity (Wildman–Crippen MR) is 129 cm³/mol. The van der Waals surface area contributed by atoms with E-state index in [1.54, 1.807) is 20.3 Å². The maximum Gasteiger partial charge on any atom is 0.258 e. The number of benzene rings is 3. The molecule has 6 heteroatoms. The Balaban J connectivity index is 1.80. The van der Waals surface area contributed by atoms with Gasteiger partial charge in [0.2, 0.25) is 0 Å². The first-order valence-corrected chi connectivity index (χ1v) is 10.6. The molecule has 1 aliphatic heterocycles. The summed E-state index contributed by atoms with van der Waals surface area (Å²) in [6.45, 7) is 3.83. The molecule has 0 saturated heterocycles. The molecule has 0 fully saturated rings. The van der Waals surface area contributed by atoms with E-state index in [0.717, 1.165) is 35.6 Å². The fourth-order valence-electron chi connectivity index (χ4n) is 3.75. The van der Waals surface area contributed by atoms with Gasteiger partial charge in [-0.1, -0.05) is 49.4 Å². The molecular formula is C26H27N3O3. The predicted octanol–water partition coefficient (Wildman–Crippen LogP) is 4.75. The van der Waals surface area contributed by atoms with Crippen molar-refractivity contribution in [2.75, 3.05) is 31.4 Å². The van der Waals surface area contributed by atoms with Crippen LogP contribution < -0.4 is 25.4 Å². The molecular weight excluding hydrogens is 402 g/mol. The Morgan fingerprint density at radius 3 is 2.28 bits per heavy atom. The summed E-state index contributed by atoms with van der Waals surface area (Å²) in [5.74, 6) is 0.962. The van der Waals surface area contributed by atoms with Gasteiger partial charge in [-0.3, -0.25) is 4.79 Å². The van der Waals surface area contributed by atoms with Gasteiger partial charge in [-0.15, -0.1) is 0 Å². The first kappa shape index (κ1) is 21.5. The molecule has 164 valence electrons. The van der Waals surface area contributed by atoms with Crippen LogP contribution in [0.2, 0.25) is 0 Å². The van der Waals surface area contributed by atoms with Crippen molar-refractivity contribution >= 4 is 28.6 Å². The molecule has 3 aromatic rings. The van der Waals surface area contributed by atoms with E-state index >= 15 is 0 Å². The molecule has 0 aliphatic carbocycles. The zero-order valence-electron chi connectivity index (χ0n) is 18.5. The van der Waals surface area contributed by atoms with Crippen LogP contribution in [0.5, 0.6) is 11.5 Å². The lowest BCUT2D eigenvalue weighted by molar-refractivity contribution is -0.110. The topological polar surface area (TPSA) is 71.6 Å². The molecule has 4 rings (SSSR count).